The van der Waals surface area contributed by atoms with Gasteiger partial charge in [0.1, 0.15) is 17.3 Å². The van der Waals surface area contributed by atoms with Gasteiger partial charge in [-0.05, 0) is 56.0 Å². The molecule has 5 rings (SSSR count). The molecule has 0 fully saturated rings. The van der Waals surface area contributed by atoms with Crippen molar-refractivity contribution in [3.8, 4) is 11.1 Å². The Morgan fingerprint density at radius 1 is 1.07 bits per heavy atom. The summed E-state index contributed by atoms with van der Waals surface area (Å²) >= 11 is 0. The third-order valence-electron chi connectivity index (χ3n) is 5.58. The van der Waals surface area contributed by atoms with Crippen molar-refractivity contribution in [2.75, 3.05) is 5.32 Å². The molecular formula is C24H20FNO2. The van der Waals surface area contributed by atoms with Gasteiger partial charge in [-0.15, -0.1) is 0 Å². The highest BCUT2D eigenvalue weighted by Crippen LogP contribution is 2.41. The molecule has 2 heterocycles. The van der Waals surface area contributed by atoms with Crippen LogP contribution < -0.4 is 5.32 Å². The maximum absolute atomic E-state index is 13.5. The summed E-state index contributed by atoms with van der Waals surface area (Å²) in [4.78, 5) is 12.5. The molecule has 140 valence electrons. The molecule has 3 nitrogen and oxygen atoms in total. The molecular weight excluding hydrogens is 353 g/mol. The largest absolute Gasteiger partial charge is 0.461 e. The fraction of sp³-hybridized carbons (Fsp3) is 0.208. The van der Waals surface area contributed by atoms with Crippen molar-refractivity contribution < 1.29 is 13.6 Å². The van der Waals surface area contributed by atoms with E-state index in [-0.39, 0.29) is 11.7 Å². The first-order valence-corrected chi connectivity index (χ1v) is 9.65. The van der Waals surface area contributed by atoms with Crippen molar-refractivity contribution in [2.45, 2.75) is 32.6 Å². The van der Waals surface area contributed by atoms with Gasteiger partial charge in [0.2, 0.25) is 0 Å². The van der Waals surface area contributed by atoms with Crippen molar-refractivity contribution in [2.24, 2.45) is 0 Å². The van der Waals surface area contributed by atoms with E-state index in [1.54, 1.807) is 6.07 Å². The molecule has 1 N–H and O–H groups in total. The number of anilines is 1. The Morgan fingerprint density at radius 2 is 1.86 bits per heavy atom. The third-order valence-corrected chi connectivity index (χ3v) is 5.58. The number of halogens is 1. The number of aryl methyl sites for hydroxylation is 2. The number of carbonyl (C=O) groups is 1. The second-order valence-corrected chi connectivity index (χ2v) is 7.52. The van der Waals surface area contributed by atoms with Crippen LogP contribution in [-0.2, 0) is 17.6 Å². The smallest absolute Gasteiger partial charge is 0.256 e. The van der Waals surface area contributed by atoms with E-state index in [1.807, 2.05) is 6.08 Å². The van der Waals surface area contributed by atoms with Crippen LogP contribution in [0.3, 0.4) is 0 Å². The maximum atomic E-state index is 13.5. The Kier molecular flexibility index (Phi) is 3.93. The predicted octanol–water partition coefficient (Wildman–Crippen LogP) is 5.77. The quantitative estimate of drug-likeness (QED) is 0.580. The Labute approximate surface area is 162 Å². The van der Waals surface area contributed by atoms with Crippen molar-refractivity contribution in [1.29, 1.82) is 0 Å². The van der Waals surface area contributed by atoms with Crippen LogP contribution in [0.4, 0.5) is 10.1 Å². The topological polar surface area (TPSA) is 42.2 Å². The summed E-state index contributed by atoms with van der Waals surface area (Å²) in [6.07, 6.45) is 5.98. The number of fused-ring (bicyclic) bond motifs is 2. The van der Waals surface area contributed by atoms with Crippen molar-refractivity contribution in [1.82, 2.24) is 0 Å². The predicted molar refractivity (Wildman–Crippen MR) is 108 cm³/mol. The summed E-state index contributed by atoms with van der Waals surface area (Å²) in [5, 5.41) is 2.75. The molecule has 28 heavy (non-hydrogen) atoms. The molecule has 0 unspecified atom stereocenters. The van der Waals surface area contributed by atoms with Crippen molar-refractivity contribution >= 4 is 23.2 Å². The molecule has 1 aliphatic heterocycles. The van der Waals surface area contributed by atoms with E-state index in [9.17, 15) is 9.18 Å². The minimum absolute atomic E-state index is 0.232. The molecule has 4 heteroatoms. The Bertz CT molecular complexity index is 1120. The lowest BCUT2D eigenvalue weighted by Gasteiger charge is -2.11. The van der Waals surface area contributed by atoms with Crippen LogP contribution in [0.2, 0.25) is 0 Å². The van der Waals surface area contributed by atoms with Gasteiger partial charge >= 0.3 is 0 Å². The van der Waals surface area contributed by atoms with E-state index in [2.05, 4.69) is 36.5 Å². The fourth-order valence-corrected chi connectivity index (χ4v) is 4.17. The monoisotopic (exact) mass is 373 g/mol. The summed E-state index contributed by atoms with van der Waals surface area (Å²) in [6.45, 7) is 2.07. The van der Waals surface area contributed by atoms with Crippen LogP contribution in [0.5, 0.6) is 0 Å². The van der Waals surface area contributed by atoms with Gasteiger partial charge in [-0.1, -0.05) is 29.8 Å². The Hall–Kier alpha value is -3.14. The number of rotatable bonds is 2. The molecule has 2 aromatic carbocycles. The average molecular weight is 373 g/mol. The van der Waals surface area contributed by atoms with Crippen LogP contribution in [0, 0.1) is 12.7 Å². The first-order valence-electron chi connectivity index (χ1n) is 9.65. The van der Waals surface area contributed by atoms with Gasteiger partial charge < -0.3 is 9.73 Å². The van der Waals surface area contributed by atoms with Crippen molar-refractivity contribution in [3.05, 3.63) is 76.5 Å². The molecule has 0 saturated heterocycles. The number of nitrogens with one attached hydrogen (secondary N) is 1. The first-order chi connectivity index (χ1) is 13.6. The molecule has 0 saturated carbocycles. The first kappa shape index (κ1) is 17.0. The highest BCUT2D eigenvalue weighted by molar-refractivity contribution is 6.35. The van der Waals surface area contributed by atoms with Crippen LogP contribution in [0.1, 0.15) is 41.1 Å². The van der Waals surface area contributed by atoms with E-state index in [1.165, 1.54) is 23.3 Å². The number of furan rings is 1. The highest BCUT2D eigenvalue weighted by atomic mass is 19.1. The van der Waals surface area contributed by atoms with Gasteiger partial charge in [0, 0.05) is 23.1 Å². The maximum Gasteiger partial charge on any atom is 0.256 e. The second-order valence-electron chi connectivity index (χ2n) is 7.52. The lowest BCUT2D eigenvalue weighted by atomic mass is 9.90. The lowest BCUT2D eigenvalue weighted by molar-refractivity contribution is -0.110. The van der Waals surface area contributed by atoms with Crippen molar-refractivity contribution in [3.63, 3.8) is 0 Å². The summed E-state index contributed by atoms with van der Waals surface area (Å²) in [5.41, 5.74) is 6.34. The molecule has 2 aliphatic rings. The standard InChI is InChI=1S/C24H20FNO2/c1-14-6-8-15(9-7-14)23-18-4-2-3-5-21(18)28-22(23)13-19-17-11-10-16(25)12-20(17)26-24(19)27/h6-13H,2-5H2,1H3,(H,26,27). The summed E-state index contributed by atoms with van der Waals surface area (Å²) in [5.74, 6) is 1.13. The lowest BCUT2D eigenvalue weighted by Crippen LogP contribution is -2.03. The molecule has 1 aromatic heterocycles. The second kappa shape index (κ2) is 6.48. The Balaban J connectivity index is 1.69. The molecule has 0 spiro atoms. The normalized spacial score (nSPS) is 16.8. The van der Waals surface area contributed by atoms with Crippen LogP contribution >= 0.6 is 0 Å². The zero-order valence-electron chi connectivity index (χ0n) is 15.6. The summed E-state index contributed by atoms with van der Waals surface area (Å²) < 4.78 is 19.8. The van der Waals surface area contributed by atoms with E-state index in [4.69, 9.17) is 4.42 Å². The summed E-state index contributed by atoms with van der Waals surface area (Å²) in [7, 11) is 0. The van der Waals surface area contributed by atoms with Gasteiger partial charge in [-0.25, -0.2) is 4.39 Å². The van der Waals surface area contributed by atoms with E-state index in [0.717, 1.165) is 42.6 Å². The van der Waals surface area contributed by atoms with Gasteiger partial charge in [0.05, 0.1) is 11.3 Å². The minimum Gasteiger partial charge on any atom is -0.461 e. The van der Waals surface area contributed by atoms with Gasteiger partial charge in [0.25, 0.3) is 5.91 Å². The summed E-state index contributed by atoms with van der Waals surface area (Å²) in [6, 6.07) is 12.8. The third kappa shape index (κ3) is 2.76. The van der Waals surface area contributed by atoms with Gasteiger partial charge in [-0.3, -0.25) is 4.79 Å². The highest BCUT2D eigenvalue weighted by Gasteiger charge is 2.28. The molecule has 0 atom stereocenters. The minimum atomic E-state index is -0.367. The number of hydrogen-bond donors (Lipinski definition) is 1. The number of amides is 1. The zero-order chi connectivity index (χ0) is 19.3. The van der Waals surface area contributed by atoms with E-state index >= 15 is 0 Å². The average Bonchev–Trinajstić information content (AvgIpc) is 3.20. The Morgan fingerprint density at radius 3 is 2.68 bits per heavy atom. The fourth-order valence-electron chi connectivity index (χ4n) is 4.17. The van der Waals surface area contributed by atoms with Crippen LogP contribution in [-0.4, -0.2) is 5.91 Å². The van der Waals surface area contributed by atoms with E-state index < -0.39 is 0 Å². The molecule has 0 bridgehead atoms. The molecule has 1 amide bonds. The molecule has 0 radical (unpaired) electrons. The molecule has 3 aromatic rings. The zero-order valence-corrected chi connectivity index (χ0v) is 15.6. The number of benzene rings is 2. The van der Waals surface area contributed by atoms with Gasteiger partial charge in [0.15, 0.2) is 0 Å². The van der Waals surface area contributed by atoms with Gasteiger partial charge in [-0.2, -0.15) is 0 Å². The van der Waals surface area contributed by atoms with Crippen LogP contribution in [0.25, 0.3) is 22.8 Å². The number of carbonyl (C=O) groups excluding carboxylic acids is 1. The van der Waals surface area contributed by atoms with Crippen LogP contribution in [0.15, 0.2) is 46.9 Å². The number of hydrogen-bond acceptors (Lipinski definition) is 2. The SMILES string of the molecule is Cc1ccc(-c2c(C=C3C(=O)Nc4cc(F)ccc43)oc3c2CCCC3)cc1. The van der Waals surface area contributed by atoms with E-state index in [0.29, 0.717) is 22.6 Å². The molecule has 1 aliphatic carbocycles.